The van der Waals surface area contributed by atoms with Crippen molar-refractivity contribution in [2.75, 3.05) is 13.1 Å². The molecule has 0 aliphatic carbocycles. The van der Waals surface area contributed by atoms with Crippen LogP contribution in [0.25, 0.3) is 0 Å². The fraction of sp³-hybridized carbons (Fsp3) is 0.364. The van der Waals surface area contributed by atoms with Crippen LogP contribution in [0.4, 0.5) is 0 Å². The molecule has 0 amide bonds. The van der Waals surface area contributed by atoms with Gasteiger partial charge in [0.25, 0.3) is 0 Å². The van der Waals surface area contributed by atoms with Gasteiger partial charge in [-0.2, -0.15) is 0 Å². The van der Waals surface area contributed by atoms with Crippen LogP contribution in [0.3, 0.4) is 0 Å². The highest BCUT2D eigenvalue weighted by Gasteiger charge is 2.09. The summed E-state index contributed by atoms with van der Waals surface area (Å²) in [4.78, 5) is 4.49. The molecule has 0 atom stereocenters. The first kappa shape index (κ1) is 9.71. The highest BCUT2D eigenvalue weighted by Crippen LogP contribution is 2.17. The molecule has 1 aliphatic heterocycles. The zero-order valence-corrected chi connectivity index (χ0v) is 9.76. The maximum absolute atomic E-state index is 4.49. The zero-order valence-electron chi connectivity index (χ0n) is 8.18. The maximum atomic E-state index is 4.49. The van der Waals surface area contributed by atoms with Crippen LogP contribution in [0.1, 0.15) is 17.5 Å². The molecule has 2 rings (SSSR count). The Bertz CT molecular complexity index is 372. The van der Waals surface area contributed by atoms with E-state index in [9.17, 15) is 0 Å². The second-order valence-electron chi connectivity index (χ2n) is 3.47. The molecule has 1 heterocycles. The minimum Gasteiger partial charge on any atom is -0.370 e. The van der Waals surface area contributed by atoms with Crippen molar-refractivity contribution in [3.8, 4) is 0 Å². The predicted octanol–water partition coefficient (Wildman–Crippen LogP) is 2.50. The highest BCUT2D eigenvalue weighted by molar-refractivity contribution is 9.10. The van der Waals surface area contributed by atoms with Crippen molar-refractivity contribution in [2.24, 2.45) is 4.99 Å². The van der Waals surface area contributed by atoms with Gasteiger partial charge in [0.2, 0.25) is 0 Å². The van der Waals surface area contributed by atoms with Crippen LogP contribution in [0.2, 0.25) is 0 Å². The molecule has 14 heavy (non-hydrogen) atoms. The van der Waals surface area contributed by atoms with Gasteiger partial charge in [-0.3, -0.25) is 4.99 Å². The third-order valence-electron chi connectivity index (χ3n) is 2.35. The van der Waals surface area contributed by atoms with Crippen molar-refractivity contribution in [3.05, 3.63) is 33.8 Å². The number of rotatable bonds is 1. The first-order valence-corrected chi connectivity index (χ1v) is 5.61. The Morgan fingerprint density at radius 2 is 2.29 bits per heavy atom. The summed E-state index contributed by atoms with van der Waals surface area (Å²) >= 11 is 3.48. The molecule has 0 unspecified atom stereocenters. The molecule has 0 aromatic heterocycles. The van der Waals surface area contributed by atoms with Crippen LogP contribution in [-0.4, -0.2) is 18.9 Å². The average Bonchev–Trinajstić information content (AvgIpc) is 2.23. The normalized spacial score (nSPS) is 16.0. The average molecular weight is 253 g/mol. The van der Waals surface area contributed by atoms with Gasteiger partial charge in [0, 0.05) is 23.1 Å². The lowest BCUT2D eigenvalue weighted by molar-refractivity contribution is 0.742. The largest absolute Gasteiger partial charge is 0.370 e. The van der Waals surface area contributed by atoms with Gasteiger partial charge in [-0.05, 0) is 31.0 Å². The van der Waals surface area contributed by atoms with Crippen LogP contribution in [0, 0.1) is 6.92 Å². The van der Waals surface area contributed by atoms with E-state index in [1.165, 1.54) is 11.1 Å². The Morgan fingerprint density at radius 3 is 3.00 bits per heavy atom. The molecule has 1 aromatic rings. The molecule has 0 radical (unpaired) electrons. The standard InChI is InChI=1S/C11H13BrN2/c1-8-3-4-9(12)7-10(8)11-13-5-2-6-14-11/h3-4,7H,2,5-6H2,1H3,(H,13,14). The fourth-order valence-corrected chi connectivity index (χ4v) is 1.92. The lowest BCUT2D eigenvalue weighted by atomic mass is 10.1. The smallest absolute Gasteiger partial charge is 0.128 e. The topological polar surface area (TPSA) is 24.4 Å². The van der Waals surface area contributed by atoms with Crippen molar-refractivity contribution >= 4 is 21.8 Å². The van der Waals surface area contributed by atoms with Crippen molar-refractivity contribution in [1.82, 2.24) is 5.32 Å². The molecule has 0 spiro atoms. The zero-order chi connectivity index (χ0) is 9.97. The molecule has 0 saturated heterocycles. The maximum Gasteiger partial charge on any atom is 0.128 e. The van der Waals surface area contributed by atoms with Crippen LogP contribution in [-0.2, 0) is 0 Å². The number of amidine groups is 1. The molecular formula is C11H13BrN2. The summed E-state index contributed by atoms with van der Waals surface area (Å²) in [5, 5.41) is 3.33. The number of aryl methyl sites for hydroxylation is 1. The number of nitrogens with one attached hydrogen (secondary N) is 1. The van der Waals surface area contributed by atoms with Crippen LogP contribution >= 0.6 is 15.9 Å². The SMILES string of the molecule is Cc1ccc(Br)cc1C1=NCCCN1. The summed E-state index contributed by atoms with van der Waals surface area (Å²) in [7, 11) is 0. The minimum absolute atomic E-state index is 0.939. The monoisotopic (exact) mass is 252 g/mol. The molecule has 1 aromatic carbocycles. The number of benzene rings is 1. The summed E-state index contributed by atoms with van der Waals surface area (Å²) in [6, 6.07) is 6.28. The first-order chi connectivity index (χ1) is 6.77. The van der Waals surface area contributed by atoms with E-state index in [0.29, 0.717) is 0 Å². The summed E-state index contributed by atoms with van der Waals surface area (Å²) in [5.74, 6) is 1.04. The van der Waals surface area contributed by atoms with Crippen molar-refractivity contribution in [2.45, 2.75) is 13.3 Å². The van der Waals surface area contributed by atoms with Gasteiger partial charge >= 0.3 is 0 Å². The second-order valence-corrected chi connectivity index (χ2v) is 4.39. The number of halogens is 1. The van der Waals surface area contributed by atoms with Gasteiger partial charge in [0.1, 0.15) is 5.84 Å². The highest BCUT2D eigenvalue weighted by atomic mass is 79.9. The molecule has 0 fully saturated rings. The Hall–Kier alpha value is -0.830. The van der Waals surface area contributed by atoms with Crippen LogP contribution in [0.5, 0.6) is 0 Å². The van der Waals surface area contributed by atoms with E-state index in [-0.39, 0.29) is 0 Å². The van der Waals surface area contributed by atoms with E-state index in [1.807, 2.05) is 0 Å². The first-order valence-electron chi connectivity index (χ1n) is 4.82. The molecule has 2 nitrogen and oxygen atoms in total. The molecule has 1 aliphatic rings. The van der Waals surface area contributed by atoms with E-state index >= 15 is 0 Å². The minimum atomic E-state index is 0.939. The number of aliphatic imine (C=N–C) groups is 1. The third kappa shape index (κ3) is 1.98. The van der Waals surface area contributed by atoms with Gasteiger partial charge in [0.15, 0.2) is 0 Å². The molecule has 1 N–H and O–H groups in total. The van der Waals surface area contributed by atoms with Crippen LogP contribution in [0.15, 0.2) is 27.7 Å². The van der Waals surface area contributed by atoms with Crippen molar-refractivity contribution < 1.29 is 0 Å². The Kier molecular flexibility index (Phi) is 2.87. The lowest BCUT2D eigenvalue weighted by Gasteiger charge is -2.16. The lowest BCUT2D eigenvalue weighted by Crippen LogP contribution is -2.30. The van der Waals surface area contributed by atoms with Gasteiger partial charge in [0.05, 0.1) is 0 Å². The van der Waals surface area contributed by atoms with E-state index in [2.05, 4.69) is 51.4 Å². The van der Waals surface area contributed by atoms with Crippen LogP contribution < -0.4 is 5.32 Å². The Labute approximate surface area is 92.6 Å². The third-order valence-corrected chi connectivity index (χ3v) is 2.85. The Balaban J connectivity index is 2.39. The van der Waals surface area contributed by atoms with E-state index in [0.717, 1.165) is 29.8 Å². The molecule has 0 saturated carbocycles. The van der Waals surface area contributed by atoms with Crippen molar-refractivity contribution in [1.29, 1.82) is 0 Å². The fourth-order valence-electron chi connectivity index (χ4n) is 1.56. The van der Waals surface area contributed by atoms with Gasteiger partial charge < -0.3 is 5.32 Å². The number of hydrogen-bond acceptors (Lipinski definition) is 2. The molecule has 3 heteroatoms. The van der Waals surface area contributed by atoms with Crippen molar-refractivity contribution in [3.63, 3.8) is 0 Å². The molecule has 0 bridgehead atoms. The second kappa shape index (κ2) is 4.13. The van der Waals surface area contributed by atoms with E-state index in [4.69, 9.17) is 0 Å². The van der Waals surface area contributed by atoms with Gasteiger partial charge in [-0.25, -0.2) is 0 Å². The number of nitrogens with zero attached hydrogens (tertiary/aromatic N) is 1. The van der Waals surface area contributed by atoms with E-state index < -0.39 is 0 Å². The summed E-state index contributed by atoms with van der Waals surface area (Å²) in [5.41, 5.74) is 2.47. The summed E-state index contributed by atoms with van der Waals surface area (Å²) < 4.78 is 1.10. The van der Waals surface area contributed by atoms with Gasteiger partial charge in [-0.15, -0.1) is 0 Å². The van der Waals surface area contributed by atoms with Gasteiger partial charge in [-0.1, -0.05) is 22.0 Å². The molecular weight excluding hydrogens is 240 g/mol. The van der Waals surface area contributed by atoms with E-state index in [1.54, 1.807) is 0 Å². The predicted molar refractivity (Wildman–Crippen MR) is 62.9 cm³/mol. The summed E-state index contributed by atoms with van der Waals surface area (Å²) in [6.45, 7) is 4.08. The molecule has 74 valence electrons. The quantitative estimate of drug-likeness (QED) is 0.817. The Morgan fingerprint density at radius 1 is 1.43 bits per heavy atom. The summed E-state index contributed by atoms with van der Waals surface area (Å²) in [6.07, 6.45) is 1.14. The number of hydrogen-bond donors (Lipinski definition) is 1.